The fourth-order valence-corrected chi connectivity index (χ4v) is 4.41. The number of fused-ring (bicyclic) bond motifs is 1. The van der Waals surface area contributed by atoms with Crippen LogP contribution in [-0.2, 0) is 11.2 Å². The fraction of sp³-hybridized carbons (Fsp3) is 0.458. The molecule has 166 valence electrons. The second kappa shape index (κ2) is 9.58. The summed E-state index contributed by atoms with van der Waals surface area (Å²) in [5, 5.41) is 3.13. The molecule has 2 aliphatic rings. The van der Waals surface area contributed by atoms with Gasteiger partial charge in [-0.1, -0.05) is 12.1 Å². The summed E-state index contributed by atoms with van der Waals surface area (Å²) in [7, 11) is 5.28. The van der Waals surface area contributed by atoms with Gasteiger partial charge in [-0.2, -0.15) is 0 Å². The normalized spacial score (nSPS) is 17.2. The molecular weight excluding hydrogens is 394 g/mol. The summed E-state index contributed by atoms with van der Waals surface area (Å²) in [5.41, 5.74) is 4.41. The van der Waals surface area contributed by atoms with E-state index in [1.807, 2.05) is 0 Å². The van der Waals surface area contributed by atoms with Crippen LogP contribution in [0.1, 0.15) is 27.5 Å². The lowest BCUT2D eigenvalue weighted by atomic mass is 10.00. The first-order valence-electron chi connectivity index (χ1n) is 10.8. The van der Waals surface area contributed by atoms with Gasteiger partial charge in [0.05, 0.1) is 39.0 Å². The molecule has 0 aromatic heterocycles. The summed E-state index contributed by atoms with van der Waals surface area (Å²) in [6.07, 6.45) is 1.06. The molecule has 1 saturated heterocycles. The number of methoxy groups -OCH3 is 2. The number of likely N-dealkylation sites (N-methyl/N-ethyl adjacent to an activating group) is 1. The number of hydrogen-bond donors (Lipinski definition) is 1. The molecule has 31 heavy (non-hydrogen) atoms. The molecule has 2 aromatic rings. The average molecular weight is 426 g/mol. The summed E-state index contributed by atoms with van der Waals surface area (Å²) in [6, 6.07) is 12.0. The van der Waals surface area contributed by atoms with Gasteiger partial charge in [0.25, 0.3) is 5.91 Å². The molecule has 1 N–H and O–H groups in total. The van der Waals surface area contributed by atoms with Crippen molar-refractivity contribution in [1.82, 2.24) is 10.2 Å². The lowest BCUT2D eigenvalue weighted by Crippen LogP contribution is -2.43. The standard InChI is InChI=1S/C24H31N3O4/c1-26-9-8-18-14-17(4-7-21(18)26)22(27-10-12-31-13-11-27)16-25-24(28)20-6-5-19(29-2)15-23(20)30-3/h4-7,14-15,22H,8-13,16H2,1-3H3,(H,25,28). The molecule has 1 unspecified atom stereocenters. The van der Waals surface area contributed by atoms with Gasteiger partial charge in [0.15, 0.2) is 0 Å². The summed E-state index contributed by atoms with van der Waals surface area (Å²) in [4.78, 5) is 17.7. The van der Waals surface area contributed by atoms with E-state index < -0.39 is 0 Å². The van der Waals surface area contributed by atoms with E-state index >= 15 is 0 Å². The Kier molecular flexibility index (Phi) is 6.63. The number of nitrogens with zero attached hydrogens (tertiary/aromatic N) is 2. The lowest BCUT2D eigenvalue weighted by Gasteiger charge is -2.35. The van der Waals surface area contributed by atoms with Crippen molar-refractivity contribution in [2.45, 2.75) is 12.5 Å². The minimum absolute atomic E-state index is 0.0910. The first-order valence-corrected chi connectivity index (χ1v) is 10.8. The van der Waals surface area contributed by atoms with Crippen molar-refractivity contribution >= 4 is 11.6 Å². The van der Waals surface area contributed by atoms with Crippen LogP contribution in [0.15, 0.2) is 36.4 Å². The average Bonchev–Trinajstić information content (AvgIpc) is 3.19. The van der Waals surface area contributed by atoms with Gasteiger partial charge in [-0.15, -0.1) is 0 Å². The van der Waals surface area contributed by atoms with Gasteiger partial charge in [0, 0.05) is 45.0 Å². The quantitative estimate of drug-likeness (QED) is 0.736. The SMILES string of the molecule is COc1ccc(C(=O)NCC(c2ccc3c(c2)CCN3C)N2CCOCC2)c(OC)c1. The predicted octanol–water partition coefficient (Wildman–Crippen LogP) is 2.50. The summed E-state index contributed by atoms with van der Waals surface area (Å²) < 4.78 is 16.2. The largest absolute Gasteiger partial charge is 0.497 e. The maximum absolute atomic E-state index is 13.0. The van der Waals surface area contributed by atoms with Gasteiger partial charge in [-0.05, 0) is 35.7 Å². The van der Waals surface area contributed by atoms with Crippen LogP contribution in [0.25, 0.3) is 0 Å². The Morgan fingerprint density at radius 3 is 2.65 bits per heavy atom. The van der Waals surface area contributed by atoms with Crippen LogP contribution in [0.5, 0.6) is 11.5 Å². The Bertz CT molecular complexity index is 927. The number of hydrogen-bond acceptors (Lipinski definition) is 6. The van der Waals surface area contributed by atoms with Gasteiger partial charge >= 0.3 is 0 Å². The van der Waals surface area contributed by atoms with E-state index in [4.69, 9.17) is 14.2 Å². The molecule has 1 atom stereocenters. The van der Waals surface area contributed by atoms with E-state index in [0.29, 0.717) is 36.8 Å². The number of rotatable bonds is 7. The zero-order valence-corrected chi connectivity index (χ0v) is 18.5. The number of anilines is 1. The van der Waals surface area contributed by atoms with Crippen molar-refractivity contribution in [3.63, 3.8) is 0 Å². The molecule has 0 radical (unpaired) electrons. The molecule has 0 spiro atoms. The maximum Gasteiger partial charge on any atom is 0.255 e. The fourth-order valence-electron chi connectivity index (χ4n) is 4.41. The third-order valence-corrected chi connectivity index (χ3v) is 6.21. The number of carbonyl (C=O) groups excluding carboxylic acids is 1. The van der Waals surface area contributed by atoms with E-state index in [1.54, 1.807) is 32.4 Å². The highest BCUT2D eigenvalue weighted by Gasteiger charge is 2.26. The molecule has 0 bridgehead atoms. The van der Waals surface area contributed by atoms with Crippen molar-refractivity contribution in [3.8, 4) is 11.5 Å². The summed E-state index contributed by atoms with van der Waals surface area (Å²) >= 11 is 0. The topological polar surface area (TPSA) is 63.3 Å². The molecule has 0 aliphatic carbocycles. The molecule has 0 saturated carbocycles. The highest BCUT2D eigenvalue weighted by molar-refractivity contribution is 5.97. The summed E-state index contributed by atoms with van der Waals surface area (Å²) in [5.74, 6) is 1.00. The van der Waals surface area contributed by atoms with Crippen molar-refractivity contribution in [2.24, 2.45) is 0 Å². The van der Waals surface area contributed by atoms with E-state index in [-0.39, 0.29) is 11.9 Å². The Labute approximate surface area is 183 Å². The smallest absolute Gasteiger partial charge is 0.255 e. The van der Waals surface area contributed by atoms with Crippen LogP contribution in [0, 0.1) is 0 Å². The maximum atomic E-state index is 13.0. The number of benzene rings is 2. The van der Waals surface area contributed by atoms with Crippen LogP contribution in [-0.4, -0.2) is 71.5 Å². The van der Waals surface area contributed by atoms with E-state index in [2.05, 4.69) is 40.4 Å². The van der Waals surface area contributed by atoms with Crippen molar-refractivity contribution in [2.75, 3.05) is 65.6 Å². The molecule has 2 aromatic carbocycles. The first-order chi connectivity index (χ1) is 15.1. The van der Waals surface area contributed by atoms with Gasteiger partial charge in [0.1, 0.15) is 11.5 Å². The van der Waals surface area contributed by atoms with E-state index in [1.165, 1.54) is 16.8 Å². The van der Waals surface area contributed by atoms with E-state index in [0.717, 1.165) is 26.1 Å². The lowest BCUT2D eigenvalue weighted by molar-refractivity contribution is 0.0162. The van der Waals surface area contributed by atoms with Crippen LogP contribution in [0.4, 0.5) is 5.69 Å². The third-order valence-electron chi connectivity index (χ3n) is 6.21. The zero-order chi connectivity index (χ0) is 21.8. The highest BCUT2D eigenvalue weighted by atomic mass is 16.5. The monoisotopic (exact) mass is 425 g/mol. The van der Waals surface area contributed by atoms with Gasteiger partial charge in [0.2, 0.25) is 0 Å². The first kappa shape index (κ1) is 21.5. The van der Waals surface area contributed by atoms with E-state index in [9.17, 15) is 4.79 Å². The van der Waals surface area contributed by atoms with Gasteiger partial charge in [-0.3, -0.25) is 9.69 Å². The highest BCUT2D eigenvalue weighted by Crippen LogP contribution is 2.31. The third kappa shape index (κ3) is 4.62. The Morgan fingerprint density at radius 1 is 1.10 bits per heavy atom. The number of morpholine rings is 1. The minimum atomic E-state index is -0.154. The Balaban J connectivity index is 1.54. The van der Waals surface area contributed by atoms with Crippen molar-refractivity contribution in [1.29, 1.82) is 0 Å². The van der Waals surface area contributed by atoms with Gasteiger partial charge < -0.3 is 24.4 Å². The molecule has 1 amide bonds. The van der Waals surface area contributed by atoms with Gasteiger partial charge in [-0.25, -0.2) is 0 Å². The van der Waals surface area contributed by atoms with Crippen LogP contribution >= 0.6 is 0 Å². The molecule has 7 heteroatoms. The molecule has 2 heterocycles. The van der Waals surface area contributed by atoms with Crippen molar-refractivity contribution in [3.05, 3.63) is 53.1 Å². The second-order valence-electron chi connectivity index (χ2n) is 8.00. The molecule has 4 rings (SSSR count). The number of ether oxygens (including phenoxy) is 3. The Morgan fingerprint density at radius 2 is 1.90 bits per heavy atom. The second-order valence-corrected chi connectivity index (χ2v) is 8.00. The number of carbonyl (C=O) groups is 1. The predicted molar refractivity (Wildman–Crippen MR) is 120 cm³/mol. The zero-order valence-electron chi connectivity index (χ0n) is 18.5. The van der Waals surface area contributed by atoms with Crippen LogP contribution < -0.4 is 19.7 Å². The molecular formula is C24H31N3O4. The summed E-state index contributed by atoms with van der Waals surface area (Å²) in [6.45, 7) is 4.69. The molecule has 2 aliphatic heterocycles. The Hall–Kier alpha value is -2.77. The van der Waals surface area contributed by atoms with Crippen LogP contribution in [0.2, 0.25) is 0 Å². The molecule has 1 fully saturated rings. The number of amides is 1. The van der Waals surface area contributed by atoms with Crippen molar-refractivity contribution < 1.29 is 19.0 Å². The number of nitrogens with one attached hydrogen (secondary N) is 1. The molecule has 7 nitrogen and oxygen atoms in total. The minimum Gasteiger partial charge on any atom is -0.497 e. The van der Waals surface area contributed by atoms with Crippen LogP contribution in [0.3, 0.4) is 0 Å².